The van der Waals surface area contributed by atoms with Crippen LogP contribution < -0.4 is 5.73 Å². The van der Waals surface area contributed by atoms with Crippen LogP contribution >= 0.6 is 0 Å². The number of rotatable bonds is 4. The van der Waals surface area contributed by atoms with E-state index in [-0.39, 0.29) is 17.9 Å². The molecular weight excluding hydrogens is 226 g/mol. The molecule has 0 aliphatic carbocycles. The summed E-state index contributed by atoms with van der Waals surface area (Å²) in [5, 5.41) is 0. The minimum absolute atomic E-state index is 0.229. The highest BCUT2D eigenvalue weighted by Gasteiger charge is 2.28. The van der Waals surface area contributed by atoms with Gasteiger partial charge >= 0.3 is 0 Å². The number of carbonyl (C=O) groups is 1. The lowest BCUT2D eigenvalue weighted by Gasteiger charge is -2.25. The predicted octanol–water partition coefficient (Wildman–Crippen LogP) is 1.52. The van der Waals surface area contributed by atoms with Gasteiger partial charge in [0.25, 0.3) is 0 Å². The van der Waals surface area contributed by atoms with Gasteiger partial charge in [-0.15, -0.1) is 0 Å². The number of nitrogens with zero attached hydrogens (tertiary/aromatic N) is 2. The van der Waals surface area contributed by atoms with Gasteiger partial charge in [-0.3, -0.25) is 9.78 Å². The van der Waals surface area contributed by atoms with Gasteiger partial charge in [0.1, 0.15) is 0 Å². The van der Waals surface area contributed by atoms with Crippen molar-refractivity contribution in [2.45, 2.75) is 38.1 Å². The summed E-state index contributed by atoms with van der Waals surface area (Å²) in [5.74, 6) is 0.465. The molecule has 2 heterocycles. The molecule has 0 spiro atoms. The lowest BCUT2D eigenvalue weighted by Crippen LogP contribution is -2.40. The number of carbonyl (C=O) groups excluding carboxylic acids is 1. The first kappa shape index (κ1) is 13.0. The summed E-state index contributed by atoms with van der Waals surface area (Å²) in [6.45, 7) is 3.53. The van der Waals surface area contributed by atoms with E-state index < -0.39 is 0 Å². The Balaban J connectivity index is 1.95. The molecule has 1 aliphatic rings. The Bertz CT molecular complexity index is 393. The van der Waals surface area contributed by atoms with Crippen molar-refractivity contribution >= 4 is 5.91 Å². The first-order valence-corrected chi connectivity index (χ1v) is 6.62. The molecule has 98 valence electrons. The highest BCUT2D eigenvalue weighted by molar-refractivity contribution is 5.77. The van der Waals surface area contributed by atoms with Crippen molar-refractivity contribution in [1.29, 1.82) is 0 Å². The normalized spacial score (nSPS) is 21.0. The number of nitrogens with two attached hydrogens (primary N) is 1. The summed E-state index contributed by atoms with van der Waals surface area (Å²) in [5.41, 5.74) is 6.87. The van der Waals surface area contributed by atoms with Crippen molar-refractivity contribution in [3.63, 3.8) is 0 Å². The quantitative estimate of drug-likeness (QED) is 0.877. The van der Waals surface area contributed by atoms with E-state index in [1.54, 1.807) is 12.4 Å². The molecule has 2 unspecified atom stereocenters. The lowest BCUT2D eigenvalue weighted by molar-refractivity contribution is -0.132. The van der Waals surface area contributed by atoms with Gasteiger partial charge in [0.2, 0.25) is 5.91 Å². The van der Waals surface area contributed by atoms with Gasteiger partial charge in [0.15, 0.2) is 0 Å². The number of hydrogen-bond donors (Lipinski definition) is 1. The second kappa shape index (κ2) is 5.96. The van der Waals surface area contributed by atoms with E-state index in [4.69, 9.17) is 5.73 Å². The summed E-state index contributed by atoms with van der Waals surface area (Å²) in [4.78, 5) is 18.2. The van der Waals surface area contributed by atoms with Crippen molar-refractivity contribution in [1.82, 2.24) is 9.88 Å². The molecular formula is C14H21N3O. The van der Waals surface area contributed by atoms with E-state index in [0.717, 1.165) is 19.4 Å². The van der Waals surface area contributed by atoms with Gasteiger partial charge in [-0.2, -0.15) is 0 Å². The molecule has 2 rings (SSSR count). The molecule has 0 aromatic carbocycles. The molecule has 2 N–H and O–H groups in total. The molecule has 0 saturated carbocycles. The summed E-state index contributed by atoms with van der Waals surface area (Å²) in [6, 6.07) is 4.20. The van der Waals surface area contributed by atoms with Gasteiger partial charge in [-0.1, -0.05) is 6.92 Å². The largest absolute Gasteiger partial charge is 0.338 e. The van der Waals surface area contributed by atoms with Crippen LogP contribution in [0, 0.1) is 0 Å². The van der Waals surface area contributed by atoms with Crippen LogP contribution in [0.2, 0.25) is 0 Å². The minimum atomic E-state index is 0.229. The molecule has 1 fully saturated rings. The van der Waals surface area contributed by atoms with Crippen LogP contribution in [-0.4, -0.2) is 34.9 Å². The summed E-state index contributed by atoms with van der Waals surface area (Å²) < 4.78 is 0. The zero-order chi connectivity index (χ0) is 13.0. The number of likely N-dealkylation sites (tertiary alicyclic amines) is 1. The summed E-state index contributed by atoms with van der Waals surface area (Å²) in [7, 11) is 0. The Morgan fingerprint density at radius 3 is 2.94 bits per heavy atom. The Morgan fingerprint density at radius 2 is 2.28 bits per heavy atom. The molecule has 1 amide bonds. The standard InChI is InChI=1S/C14H21N3O/c1-11(12-4-6-16-7-5-12)9-14(18)17-8-2-3-13(17)10-15/h4-7,11,13H,2-3,8-10,15H2,1H3. The maximum atomic E-state index is 12.3. The molecule has 2 atom stereocenters. The number of aromatic nitrogens is 1. The van der Waals surface area contributed by atoms with Crippen LogP contribution in [0.5, 0.6) is 0 Å². The maximum Gasteiger partial charge on any atom is 0.223 e. The molecule has 4 heteroatoms. The smallest absolute Gasteiger partial charge is 0.223 e. The fourth-order valence-corrected chi connectivity index (χ4v) is 2.60. The van der Waals surface area contributed by atoms with E-state index >= 15 is 0 Å². The maximum absolute atomic E-state index is 12.3. The molecule has 1 aliphatic heterocycles. The monoisotopic (exact) mass is 247 g/mol. The van der Waals surface area contributed by atoms with Crippen LogP contribution in [0.15, 0.2) is 24.5 Å². The molecule has 1 aromatic heterocycles. The van der Waals surface area contributed by atoms with Crippen molar-refractivity contribution in [3.8, 4) is 0 Å². The Kier molecular flexibility index (Phi) is 4.31. The van der Waals surface area contributed by atoms with Crippen molar-refractivity contribution < 1.29 is 4.79 Å². The Morgan fingerprint density at radius 1 is 1.56 bits per heavy atom. The van der Waals surface area contributed by atoms with E-state index in [1.807, 2.05) is 17.0 Å². The second-order valence-electron chi connectivity index (χ2n) is 5.00. The molecule has 1 aromatic rings. The van der Waals surface area contributed by atoms with Gasteiger partial charge in [-0.05, 0) is 36.5 Å². The Labute approximate surface area is 108 Å². The highest BCUT2D eigenvalue weighted by atomic mass is 16.2. The minimum Gasteiger partial charge on any atom is -0.338 e. The van der Waals surface area contributed by atoms with Gasteiger partial charge in [0.05, 0.1) is 0 Å². The topological polar surface area (TPSA) is 59.2 Å². The highest BCUT2D eigenvalue weighted by Crippen LogP contribution is 2.23. The fourth-order valence-electron chi connectivity index (χ4n) is 2.60. The van der Waals surface area contributed by atoms with E-state index in [0.29, 0.717) is 13.0 Å². The predicted molar refractivity (Wildman–Crippen MR) is 71.1 cm³/mol. The zero-order valence-corrected chi connectivity index (χ0v) is 10.9. The third-order valence-electron chi connectivity index (χ3n) is 3.73. The number of amides is 1. The summed E-state index contributed by atoms with van der Waals surface area (Å²) >= 11 is 0. The number of hydrogen-bond acceptors (Lipinski definition) is 3. The molecule has 0 radical (unpaired) electrons. The first-order chi connectivity index (χ1) is 8.72. The van der Waals surface area contributed by atoms with E-state index in [2.05, 4.69) is 11.9 Å². The molecule has 1 saturated heterocycles. The van der Waals surface area contributed by atoms with Crippen LogP contribution in [0.4, 0.5) is 0 Å². The van der Waals surface area contributed by atoms with E-state index in [1.165, 1.54) is 5.56 Å². The van der Waals surface area contributed by atoms with Crippen molar-refractivity contribution in [3.05, 3.63) is 30.1 Å². The number of pyridine rings is 1. The van der Waals surface area contributed by atoms with Crippen LogP contribution in [0.3, 0.4) is 0 Å². The van der Waals surface area contributed by atoms with Crippen molar-refractivity contribution in [2.75, 3.05) is 13.1 Å². The zero-order valence-electron chi connectivity index (χ0n) is 10.9. The third-order valence-corrected chi connectivity index (χ3v) is 3.73. The van der Waals surface area contributed by atoms with Crippen LogP contribution in [0.1, 0.15) is 37.7 Å². The van der Waals surface area contributed by atoms with Crippen LogP contribution in [-0.2, 0) is 4.79 Å². The first-order valence-electron chi connectivity index (χ1n) is 6.62. The average molecular weight is 247 g/mol. The van der Waals surface area contributed by atoms with E-state index in [9.17, 15) is 4.79 Å². The molecule has 0 bridgehead atoms. The van der Waals surface area contributed by atoms with Gasteiger partial charge < -0.3 is 10.6 Å². The molecule has 4 nitrogen and oxygen atoms in total. The third kappa shape index (κ3) is 2.88. The Hall–Kier alpha value is -1.42. The SMILES string of the molecule is CC(CC(=O)N1CCCC1CN)c1ccncc1. The molecule has 18 heavy (non-hydrogen) atoms. The van der Waals surface area contributed by atoms with Gasteiger partial charge in [0, 0.05) is 37.9 Å². The summed E-state index contributed by atoms with van der Waals surface area (Å²) in [6.07, 6.45) is 6.23. The van der Waals surface area contributed by atoms with Crippen LogP contribution in [0.25, 0.3) is 0 Å². The van der Waals surface area contributed by atoms with Gasteiger partial charge in [-0.25, -0.2) is 0 Å². The fraction of sp³-hybridized carbons (Fsp3) is 0.571. The lowest BCUT2D eigenvalue weighted by atomic mass is 9.98. The average Bonchev–Trinajstić information content (AvgIpc) is 2.88. The van der Waals surface area contributed by atoms with Crippen molar-refractivity contribution in [2.24, 2.45) is 5.73 Å². The second-order valence-corrected chi connectivity index (χ2v) is 5.00.